The Morgan fingerprint density at radius 1 is 1.02 bits per heavy atom. The minimum Gasteiger partial charge on any atom is -0.508 e. The van der Waals surface area contributed by atoms with Crippen LogP contribution in [0.1, 0.15) is 28.4 Å². The average molecular weight is 552 g/mol. The molecule has 0 bridgehead atoms. The van der Waals surface area contributed by atoms with E-state index in [1.54, 1.807) is 0 Å². The Balaban J connectivity index is 1.54. The molecule has 1 amide bonds. The van der Waals surface area contributed by atoms with E-state index in [0.29, 0.717) is 18.5 Å². The molecule has 0 spiro atoms. The second-order valence-corrected chi connectivity index (χ2v) is 10.3. The number of carbonyl (C=O) groups is 3. The predicted octanol–water partition coefficient (Wildman–Crippen LogP) is -0.845. The highest BCUT2D eigenvalue weighted by Gasteiger charge is 2.67. The van der Waals surface area contributed by atoms with Crippen molar-refractivity contribution in [3.63, 3.8) is 0 Å². The average Bonchev–Trinajstić information content (AvgIpc) is 2.92. The lowest BCUT2D eigenvalue weighted by molar-refractivity contribution is -0.167. The van der Waals surface area contributed by atoms with Gasteiger partial charge in [0.15, 0.2) is 11.4 Å². The maximum absolute atomic E-state index is 13.7. The number of amides is 1. The van der Waals surface area contributed by atoms with Gasteiger partial charge in [-0.05, 0) is 24.1 Å². The highest BCUT2D eigenvalue weighted by molar-refractivity contribution is 6.24. The number of aromatic hydroxyl groups is 1. The fourth-order valence-electron chi connectivity index (χ4n) is 6.09. The van der Waals surface area contributed by atoms with Crippen molar-refractivity contribution in [2.75, 3.05) is 6.54 Å². The maximum atomic E-state index is 13.7. The number of aliphatic hydroxyl groups is 5. The number of hydrogen-bond acceptors (Lipinski definition) is 11. The summed E-state index contributed by atoms with van der Waals surface area (Å²) in [6.45, 7) is 0.726. The number of fused-ring (bicyclic) bond motifs is 3. The molecule has 0 radical (unpaired) electrons. The quantitative estimate of drug-likeness (QED) is 0.158. The first kappa shape index (κ1) is 27.5. The zero-order valence-electron chi connectivity index (χ0n) is 21.1. The normalized spacial score (nSPS) is 29.6. The zero-order chi connectivity index (χ0) is 29.1. The van der Waals surface area contributed by atoms with Gasteiger partial charge < -0.3 is 47.4 Å². The molecule has 12 nitrogen and oxygen atoms in total. The number of ketones is 2. The molecule has 210 valence electrons. The van der Waals surface area contributed by atoms with E-state index in [2.05, 4.69) is 5.32 Å². The Labute approximate surface area is 227 Å². The van der Waals surface area contributed by atoms with Crippen LogP contribution in [0.25, 0.3) is 5.76 Å². The van der Waals surface area contributed by atoms with Gasteiger partial charge in [0.1, 0.15) is 22.8 Å². The van der Waals surface area contributed by atoms with E-state index in [0.717, 1.165) is 5.56 Å². The fourth-order valence-corrected chi connectivity index (χ4v) is 6.09. The maximum Gasteiger partial charge on any atom is 0.255 e. The molecule has 1 fully saturated rings. The molecule has 12 heteroatoms. The summed E-state index contributed by atoms with van der Waals surface area (Å²) in [6.07, 6.45) is -2.91. The third kappa shape index (κ3) is 3.84. The molecule has 6 atom stereocenters. The van der Waals surface area contributed by atoms with Gasteiger partial charge in [0.05, 0.1) is 29.7 Å². The molecule has 0 aliphatic heterocycles. The van der Waals surface area contributed by atoms with Gasteiger partial charge in [-0.25, -0.2) is 0 Å². The lowest BCUT2D eigenvalue weighted by Gasteiger charge is -2.51. The predicted molar refractivity (Wildman–Crippen MR) is 139 cm³/mol. The van der Waals surface area contributed by atoms with Gasteiger partial charge in [-0.2, -0.15) is 0 Å². The van der Waals surface area contributed by atoms with Crippen LogP contribution in [0.5, 0.6) is 5.75 Å². The van der Waals surface area contributed by atoms with Gasteiger partial charge in [-0.3, -0.25) is 14.4 Å². The molecule has 2 aromatic carbocycles. The van der Waals surface area contributed by atoms with E-state index in [4.69, 9.17) is 11.5 Å². The second-order valence-electron chi connectivity index (χ2n) is 10.3. The number of nitrogens with two attached hydrogens (primary N) is 2. The number of carbonyl (C=O) groups excluding carboxylic acids is 3. The summed E-state index contributed by atoms with van der Waals surface area (Å²) in [4.78, 5) is 38.2. The molecule has 11 N–H and O–H groups in total. The topological polar surface area (TPSA) is 237 Å². The third-order valence-electron chi connectivity index (χ3n) is 8.12. The Bertz CT molecular complexity index is 1490. The summed E-state index contributed by atoms with van der Waals surface area (Å²) in [5, 5.41) is 70.0. The molecule has 0 heterocycles. The second kappa shape index (κ2) is 9.84. The number of nitrogens with one attached hydrogen (secondary N) is 1. The SMILES string of the molecule is NC(=O)C1=C(O)[C@@]2(O)C(=O)C3=C(O)c4c(ccc(CNCCc5ccccc5)c4O)[C@H](O)[C@H]3[C@H](O)[C@H]2[C@H](N)C1=O. The van der Waals surface area contributed by atoms with Crippen LogP contribution >= 0.6 is 0 Å². The van der Waals surface area contributed by atoms with Crippen molar-refractivity contribution in [3.05, 3.63) is 81.6 Å². The summed E-state index contributed by atoms with van der Waals surface area (Å²) >= 11 is 0. The lowest BCUT2D eigenvalue weighted by Crippen LogP contribution is -2.70. The molecular weight excluding hydrogens is 522 g/mol. The first-order valence-electron chi connectivity index (χ1n) is 12.6. The summed E-state index contributed by atoms with van der Waals surface area (Å²) in [6, 6.07) is 10.8. The smallest absolute Gasteiger partial charge is 0.255 e. The Hall–Kier alpha value is -4.07. The first-order valence-corrected chi connectivity index (χ1v) is 12.6. The monoisotopic (exact) mass is 551 g/mol. The molecule has 3 aliphatic rings. The number of phenolic OH excluding ortho intramolecular Hbond substituents is 1. The van der Waals surface area contributed by atoms with Gasteiger partial charge in [0, 0.05) is 23.6 Å². The van der Waals surface area contributed by atoms with E-state index in [1.165, 1.54) is 12.1 Å². The molecule has 40 heavy (non-hydrogen) atoms. The van der Waals surface area contributed by atoms with Crippen molar-refractivity contribution in [1.82, 2.24) is 5.32 Å². The van der Waals surface area contributed by atoms with Crippen molar-refractivity contribution in [1.29, 1.82) is 0 Å². The first-order chi connectivity index (χ1) is 18.9. The van der Waals surface area contributed by atoms with E-state index >= 15 is 0 Å². The van der Waals surface area contributed by atoms with E-state index < -0.39 is 81.6 Å². The minimum absolute atomic E-state index is 0.0117. The molecule has 0 unspecified atom stereocenters. The molecule has 0 saturated heterocycles. The number of aliphatic hydroxyl groups excluding tert-OH is 4. The highest BCUT2D eigenvalue weighted by Crippen LogP contribution is 2.55. The van der Waals surface area contributed by atoms with Crippen LogP contribution in [-0.2, 0) is 27.3 Å². The fraction of sp³-hybridized carbons (Fsp3) is 0.321. The number of primary amides is 1. The number of rotatable bonds is 6. The van der Waals surface area contributed by atoms with Crippen molar-refractivity contribution < 1.29 is 45.0 Å². The Kier molecular flexibility index (Phi) is 6.76. The van der Waals surface area contributed by atoms with Crippen molar-refractivity contribution in [2.24, 2.45) is 23.3 Å². The van der Waals surface area contributed by atoms with Gasteiger partial charge in [-0.15, -0.1) is 0 Å². The van der Waals surface area contributed by atoms with Gasteiger partial charge in [-0.1, -0.05) is 42.5 Å². The number of hydrogen-bond donors (Lipinski definition) is 9. The molecule has 0 aromatic heterocycles. The minimum atomic E-state index is -3.11. The van der Waals surface area contributed by atoms with Crippen LogP contribution in [0.2, 0.25) is 0 Å². The number of Topliss-reactive ketones (excluding diaryl/α,β-unsaturated/α-hetero) is 2. The van der Waals surface area contributed by atoms with Crippen LogP contribution in [0.3, 0.4) is 0 Å². The van der Waals surface area contributed by atoms with Crippen LogP contribution in [0.15, 0.2) is 59.4 Å². The molecule has 1 saturated carbocycles. The van der Waals surface area contributed by atoms with Gasteiger partial charge in [0.25, 0.3) is 5.91 Å². The Morgan fingerprint density at radius 2 is 1.70 bits per heavy atom. The van der Waals surface area contributed by atoms with Crippen LogP contribution in [0, 0.1) is 11.8 Å². The van der Waals surface area contributed by atoms with Gasteiger partial charge in [0.2, 0.25) is 5.78 Å². The van der Waals surface area contributed by atoms with Crippen LogP contribution in [-0.4, -0.2) is 72.4 Å². The number of benzene rings is 2. The molecule has 2 aromatic rings. The van der Waals surface area contributed by atoms with Crippen molar-refractivity contribution >= 4 is 23.2 Å². The highest BCUT2D eigenvalue weighted by atomic mass is 16.4. The lowest BCUT2D eigenvalue weighted by atomic mass is 9.56. The third-order valence-corrected chi connectivity index (χ3v) is 8.12. The van der Waals surface area contributed by atoms with Crippen molar-refractivity contribution in [2.45, 2.75) is 36.8 Å². The van der Waals surface area contributed by atoms with E-state index in [1.807, 2.05) is 30.3 Å². The Morgan fingerprint density at radius 3 is 2.35 bits per heavy atom. The molecule has 3 aliphatic carbocycles. The number of phenols is 1. The standard InChI is InChI=1S/C28H29N3O9/c29-19-18-23(35)15-16(25(37)28(18,40)26(38)17(24(19)36)27(30)39)22(34)14-13(21(15)33)7-6-12(20(14)32)10-31-9-8-11-4-2-1-3-5-11/h1-7,15,18-19,21,23,31-35,38,40H,8-10,29H2,(H2,30,39)/t15-,18+,19-,21-,23-,28-/m0/s1. The van der Waals surface area contributed by atoms with Crippen molar-refractivity contribution in [3.8, 4) is 5.75 Å². The summed E-state index contributed by atoms with van der Waals surface area (Å²) < 4.78 is 0. The largest absolute Gasteiger partial charge is 0.508 e. The summed E-state index contributed by atoms with van der Waals surface area (Å²) in [7, 11) is 0. The van der Waals surface area contributed by atoms with Gasteiger partial charge >= 0.3 is 0 Å². The van der Waals surface area contributed by atoms with E-state index in [-0.39, 0.29) is 17.7 Å². The molecule has 5 rings (SSSR count). The summed E-state index contributed by atoms with van der Waals surface area (Å²) in [5.41, 5.74) is 7.30. The molecular formula is C28H29N3O9. The van der Waals surface area contributed by atoms with Crippen LogP contribution in [0.4, 0.5) is 0 Å². The zero-order valence-corrected chi connectivity index (χ0v) is 21.1. The van der Waals surface area contributed by atoms with E-state index in [9.17, 15) is 45.0 Å². The summed E-state index contributed by atoms with van der Waals surface area (Å²) in [5.74, 6) is -10.2. The van der Waals surface area contributed by atoms with Crippen LogP contribution < -0.4 is 16.8 Å².